The number of likely N-dealkylation sites (tertiary alicyclic amines) is 1. The highest BCUT2D eigenvalue weighted by Gasteiger charge is 2.37. The monoisotopic (exact) mass is 561 g/mol. The average Bonchev–Trinajstić information content (AvgIpc) is 3.58. The number of nitriles is 1. The van der Waals surface area contributed by atoms with E-state index in [-0.39, 0.29) is 40.7 Å². The second-order valence-electron chi connectivity index (χ2n) is 9.07. The molecule has 4 rings (SSSR count). The molecule has 2 heterocycles. The van der Waals surface area contributed by atoms with Crippen LogP contribution < -0.4 is 30.2 Å². The van der Waals surface area contributed by atoms with Crippen LogP contribution in [0.3, 0.4) is 0 Å². The first kappa shape index (κ1) is 27.6. The maximum Gasteiger partial charge on any atom is 0.323 e. The van der Waals surface area contributed by atoms with E-state index in [1.807, 2.05) is 0 Å². The normalized spacial score (nSPS) is 20.5. The van der Waals surface area contributed by atoms with Crippen molar-refractivity contribution in [2.75, 3.05) is 38.0 Å². The summed E-state index contributed by atoms with van der Waals surface area (Å²) in [4.78, 5) is 27.2. The summed E-state index contributed by atoms with van der Waals surface area (Å²) in [5, 5.41) is 18.5. The molecular weight excluding hydrogens is 533 g/mol. The number of carbonyl (C=O) groups excluding carboxylic acids is 2. The molecule has 12 heteroatoms. The fraction of sp³-hybridized carbons (Fsp3) is 0.423. The summed E-state index contributed by atoms with van der Waals surface area (Å²) in [6, 6.07) is 8.96. The highest BCUT2D eigenvalue weighted by molar-refractivity contribution is 6.37. The summed E-state index contributed by atoms with van der Waals surface area (Å²) in [6.45, 7) is 0.882. The highest BCUT2D eigenvalue weighted by Crippen LogP contribution is 2.35. The number of nitrogens with zero attached hydrogens (tertiary/aromatic N) is 2. The molecule has 2 aliphatic rings. The number of hydrogen-bond donors (Lipinski definition) is 3. The van der Waals surface area contributed by atoms with Gasteiger partial charge in [-0.05, 0) is 31.7 Å². The minimum absolute atomic E-state index is 0.0350. The second-order valence-corrected chi connectivity index (χ2v) is 9.88. The van der Waals surface area contributed by atoms with Crippen LogP contribution >= 0.6 is 23.2 Å². The van der Waals surface area contributed by atoms with Gasteiger partial charge in [0.1, 0.15) is 29.9 Å². The highest BCUT2D eigenvalue weighted by atomic mass is 35.5. The SMILES string of the molecule is COc1cc(NC(=O)Nc2cc(OC[C@H]3CC[C@@H](C(=O)N4CCC[C@H]4C#N)N3)c(Cl)cc2Cl)cc(OC)c1. The first-order valence-corrected chi connectivity index (χ1v) is 13.0. The van der Waals surface area contributed by atoms with E-state index in [0.29, 0.717) is 41.6 Å². The number of ether oxygens (including phenoxy) is 3. The van der Waals surface area contributed by atoms with Gasteiger partial charge in [-0.3, -0.25) is 10.1 Å². The fourth-order valence-corrected chi connectivity index (χ4v) is 5.09. The number of benzene rings is 2. The molecule has 0 unspecified atom stereocenters. The molecule has 0 bridgehead atoms. The van der Waals surface area contributed by atoms with Gasteiger partial charge in [0.25, 0.3) is 0 Å². The van der Waals surface area contributed by atoms with E-state index in [4.69, 9.17) is 37.4 Å². The predicted octanol–water partition coefficient (Wildman–Crippen LogP) is 4.67. The van der Waals surface area contributed by atoms with Gasteiger partial charge in [0.2, 0.25) is 5.91 Å². The molecule has 0 saturated carbocycles. The van der Waals surface area contributed by atoms with Crippen molar-refractivity contribution in [3.8, 4) is 23.3 Å². The zero-order valence-corrected chi connectivity index (χ0v) is 22.6. The number of amides is 3. The maximum absolute atomic E-state index is 12.9. The molecule has 2 aromatic carbocycles. The molecule has 3 atom stereocenters. The number of rotatable bonds is 8. The van der Waals surface area contributed by atoms with Crippen LogP contribution in [0.4, 0.5) is 16.2 Å². The third-order valence-corrected chi connectivity index (χ3v) is 7.15. The summed E-state index contributed by atoms with van der Waals surface area (Å²) >= 11 is 12.7. The number of carbonyl (C=O) groups is 2. The van der Waals surface area contributed by atoms with Gasteiger partial charge >= 0.3 is 6.03 Å². The zero-order chi connectivity index (χ0) is 27.2. The molecule has 3 amide bonds. The number of anilines is 2. The van der Waals surface area contributed by atoms with E-state index in [2.05, 4.69) is 22.0 Å². The van der Waals surface area contributed by atoms with Crippen LogP contribution in [0.2, 0.25) is 10.0 Å². The fourth-order valence-electron chi connectivity index (χ4n) is 4.60. The van der Waals surface area contributed by atoms with E-state index in [1.165, 1.54) is 20.3 Å². The molecule has 2 fully saturated rings. The van der Waals surface area contributed by atoms with Crippen molar-refractivity contribution >= 4 is 46.5 Å². The van der Waals surface area contributed by atoms with Crippen molar-refractivity contribution in [3.05, 3.63) is 40.4 Å². The van der Waals surface area contributed by atoms with E-state index >= 15 is 0 Å². The molecule has 0 aromatic heterocycles. The van der Waals surface area contributed by atoms with Crippen molar-refractivity contribution in [1.29, 1.82) is 5.26 Å². The van der Waals surface area contributed by atoms with Gasteiger partial charge in [-0.1, -0.05) is 23.2 Å². The van der Waals surface area contributed by atoms with Crippen LogP contribution in [-0.4, -0.2) is 62.3 Å². The van der Waals surface area contributed by atoms with Crippen LogP contribution in [0.5, 0.6) is 17.2 Å². The van der Waals surface area contributed by atoms with Gasteiger partial charge in [0, 0.05) is 42.5 Å². The molecule has 3 N–H and O–H groups in total. The van der Waals surface area contributed by atoms with Gasteiger partial charge in [0.05, 0.1) is 42.1 Å². The molecular formula is C26H29Cl2N5O5. The third-order valence-electron chi connectivity index (χ3n) is 6.54. The standard InChI is InChI=1S/C26H29Cl2N5O5/c1-36-18-8-16(9-19(10-18)37-2)31-26(35)32-23-12-24(21(28)11-20(23)27)38-14-15-5-6-22(30-15)25(34)33-7-3-4-17(33)13-29/h8-12,15,17,22,30H,3-7,14H2,1-2H3,(H2,31,32,35)/t15-,17+,22+/m1/s1. The van der Waals surface area contributed by atoms with E-state index in [0.717, 1.165) is 19.3 Å². The molecule has 0 aliphatic carbocycles. The lowest BCUT2D eigenvalue weighted by Gasteiger charge is -2.24. The van der Waals surface area contributed by atoms with Crippen molar-refractivity contribution in [2.45, 2.75) is 43.8 Å². The summed E-state index contributed by atoms with van der Waals surface area (Å²) in [6.07, 6.45) is 2.97. The van der Waals surface area contributed by atoms with Crippen LogP contribution in [0.15, 0.2) is 30.3 Å². The molecule has 0 radical (unpaired) electrons. The van der Waals surface area contributed by atoms with E-state index in [9.17, 15) is 14.9 Å². The van der Waals surface area contributed by atoms with Gasteiger partial charge in [-0.25, -0.2) is 4.79 Å². The Kier molecular flexibility index (Phi) is 9.05. The number of halogens is 2. The summed E-state index contributed by atoms with van der Waals surface area (Å²) in [5.41, 5.74) is 0.772. The van der Waals surface area contributed by atoms with Gasteiger partial charge in [-0.2, -0.15) is 5.26 Å². The largest absolute Gasteiger partial charge is 0.497 e. The van der Waals surface area contributed by atoms with Crippen LogP contribution in [0, 0.1) is 11.3 Å². The van der Waals surface area contributed by atoms with Gasteiger partial charge in [-0.15, -0.1) is 0 Å². The Morgan fingerprint density at radius 1 is 1.05 bits per heavy atom. The molecule has 202 valence electrons. The molecule has 10 nitrogen and oxygen atoms in total. The Hall–Kier alpha value is -3.39. The number of hydrogen-bond acceptors (Lipinski definition) is 7. The predicted molar refractivity (Wildman–Crippen MR) is 144 cm³/mol. The van der Waals surface area contributed by atoms with Crippen molar-refractivity contribution in [2.24, 2.45) is 0 Å². The van der Waals surface area contributed by atoms with Crippen LogP contribution in [-0.2, 0) is 4.79 Å². The number of nitrogens with one attached hydrogen (secondary N) is 3. The Balaban J connectivity index is 1.35. The topological polar surface area (TPSA) is 125 Å². The minimum Gasteiger partial charge on any atom is -0.497 e. The molecule has 2 aliphatic heterocycles. The van der Waals surface area contributed by atoms with Crippen molar-refractivity contribution in [1.82, 2.24) is 10.2 Å². The quantitative estimate of drug-likeness (QED) is 0.427. The van der Waals surface area contributed by atoms with E-state index in [1.54, 1.807) is 29.2 Å². The molecule has 0 spiro atoms. The lowest BCUT2D eigenvalue weighted by molar-refractivity contribution is -0.133. The average molecular weight is 562 g/mol. The Morgan fingerprint density at radius 2 is 1.79 bits per heavy atom. The van der Waals surface area contributed by atoms with Crippen molar-refractivity contribution in [3.63, 3.8) is 0 Å². The molecule has 2 aromatic rings. The van der Waals surface area contributed by atoms with Crippen LogP contribution in [0.25, 0.3) is 0 Å². The van der Waals surface area contributed by atoms with Crippen LogP contribution in [0.1, 0.15) is 25.7 Å². The smallest absolute Gasteiger partial charge is 0.323 e. The first-order chi connectivity index (χ1) is 18.3. The summed E-state index contributed by atoms with van der Waals surface area (Å²) < 4.78 is 16.4. The van der Waals surface area contributed by atoms with Gasteiger partial charge in [0.15, 0.2) is 0 Å². The van der Waals surface area contributed by atoms with E-state index < -0.39 is 6.03 Å². The Labute approximate surface area is 231 Å². The minimum atomic E-state index is -0.535. The lowest BCUT2D eigenvalue weighted by Crippen LogP contribution is -2.47. The Morgan fingerprint density at radius 3 is 2.47 bits per heavy atom. The maximum atomic E-state index is 12.9. The summed E-state index contributed by atoms with van der Waals surface area (Å²) in [5.74, 6) is 1.35. The first-order valence-electron chi connectivity index (χ1n) is 12.2. The number of methoxy groups -OCH3 is 2. The van der Waals surface area contributed by atoms with Crippen molar-refractivity contribution < 1.29 is 23.8 Å². The Bertz CT molecular complexity index is 1210. The zero-order valence-electron chi connectivity index (χ0n) is 21.1. The molecule has 38 heavy (non-hydrogen) atoms. The van der Waals surface area contributed by atoms with Gasteiger partial charge < -0.3 is 29.7 Å². The summed E-state index contributed by atoms with van der Waals surface area (Å²) in [7, 11) is 3.04. The second kappa shape index (κ2) is 12.4. The lowest BCUT2D eigenvalue weighted by atomic mass is 10.1. The molecule has 2 saturated heterocycles. The number of urea groups is 1. The third kappa shape index (κ3) is 6.54.